The quantitative estimate of drug-likeness (QED) is 0.895. The van der Waals surface area contributed by atoms with Crippen molar-refractivity contribution in [2.24, 2.45) is 5.92 Å². The van der Waals surface area contributed by atoms with E-state index in [4.69, 9.17) is 11.6 Å². The predicted octanol–water partition coefficient (Wildman–Crippen LogP) is 3.27. The van der Waals surface area contributed by atoms with E-state index in [-0.39, 0.29) is 5.56 Å². The first-order valence-electron chi connectivity index (χ1n) is 5.76. The van der Waals surface area contributed by atoms with Gasteiger partial charge in [0, 0.05) is 18.1 Å². The zero-order valence-electron chi connectivity index (χ0n) is 9.98. The highest BCUT2D eigenvalue weighted by atomic mass is 35.5. The highest BCUT2D eigenvalue weighted by Crippen LogP contribution is 2.37. The first-order chi connectivity index (χ1) is 8.00. The van der Waals surface area contributed by atoms with Gasteiger partial charge in [-0.3, -0.25) is 0 Å². The predicted molar refractivity (Wildman–Crippen MR) is 69.0 cm³/mol. The summed E-state index contributed by atoms with van der Waals surface area (Å²) in [6.07, 6.45) is 2.48. The number of carboxylic acids is 1. The molecule has 1 unspecified atom stereocenters. The molecule has 1 aromatic rings. The van der Waals surface area contributed by atoms with Crippen LogP contribution in [-0.4, -0.2) is 24.2 Å². The highest BCUT2D eigenvalue weighted by molar-refractivity contribution is 6.31. The van der Waals surface area contributed by atoms with Gasteiger partial charge in [0.05, 0.1) is 11.3 Å². The molecule has 1 N–H and O–H groups in total. The largest absolute Gasteiger partial charge is 0.478 e. The lowest BCUT2D eigenvalue weighted by molar-refractivity contribution is 0.0697. The maximum Gasteiger partial charge on any atom is 0.337 e. The van der Waals surface area contributed by atoms with Crippen molar-refractivity contribution in [3.8, 4) is 0 Å². The molecule has 1 aliphatic carbocycles. The van der Waals surface area contributed by atoms with Crippen LogP contribution in [0.25, 0.3) is 0 Å². The van der Waals surface area contributed by atoms with E-state index >= 15 is 0 Å². The summed E-state index contributed by atoms with van der Waals surface area (Å²) >= 11 is 5.84. The van der Waals surface area contributed by atoms with Gasteiger partial charge in [0.15, 0.2) is 0 Å². The van der Waals surface area contributed by atoms with Crippen LogP contribution in [0.3, 0.4) is 0 Å². The van der Waals surface area contributed by atoms with Crippen LogP contribution < -0.4 is 4.90 Å². The molecule has 1 aromatic carbocycles. The van der Waals surface area contributed by atoms with E-state index in [0.29, 0.717) is 17.0 Å². The molecule has 0 radical (unpaired) electrons. The van der Waals surface area contributed by atoms with Gasteiger partial charge in [0.2, 0.25) is 0 Å². The third-order valence-electron chi connectivity index (χ3n) is 3.48. The molecule has 0 aliphatic heterocycles. The van der Waals surface area contributed by atoms with Crippen LogP contribution in [0.5, 0.6) is 0 Å². The maximum atomic E-state index is 11.2. The Labute approximate surface area is 106 Å². The Morgan fingerprint density at radius 2 is 2.18 bits per heavy atom. The van der Waals surface area contributed by atoms with E-state index in [9.17, 15) is 9.90 Å². The van der Waals surface area contributed by atoms with Gasteiger partial charge >= 0.3 is 5.97 Å². The summed E-state index contributed by atoms with van der Waals surface area (Å²) in [4.78, 5) is 13.2. The lowest BCUT2D eigenvalue weighted by atomic mass is 10.1. The van der Waals surface area contributed by atoms with Crippen molar-refractivity contribution in [3.05, 3.63) is 28.8 Å². The summed E-state index contributed by atoms with van der Waals surface area (Å²) in [7, 11) is 1.94. The lowest BCUT2D eigenvalue weighted by Crippen LogP contribution is -2.31. The molecule has 3 nitrogen and oxygen atoms in total. The Balaban J connectivity index is 2.32. The van der Waals surface area contributed by atoms with Crippen molar-refractivity contribution in [2.75, 3.05) is 11.9 Å². The van der Waals surface area contributed by atoms with Crippen molar-refractivity contribution in [1.29, 1.82) is 0 Å². The van der Waals surface area contributed by atoms with E-state index in [1.165, 1.54) is 18.9 Å². The topological polar surface area (TPSA) is 40.5 Å². The second kappa shape index (κ2) is 4.57. The standard InChI is InChI=1S/C13H16ClNO2/c1-8(9-3-4-9)15(2)12-6-5-10(14)7-11(12)13(16)17/h5-9H,3-4H2,1-2H3,(H,16,17). The molecular formula is C13H16ClNO2. The molecular weight excluding hydrogens is 238 g/mol. The second-order valence-corrected chi connectivity index (χ2v) is 5.09. The molecule has 92 valence electrons. The summed E-state index contributed by atoms with van der Waals surface area (Å²) in [5.41, 5.74) is 1.01. The average molecular weight is 254 g/mol. The van der Waals surface area contributed by atoms with Gasteiger partial charge in [0.1, 0.15) is 0 Å². The SMILES string of the molecule is CC(C1CC1)N(C)c1ccc(Cl)cc1C(=O)O. The minimum Gasteiger partial charge on any atom is -0.478 e. The fourth-order valence-electron chi connectivity index (χ4n) is 2.10. The van der Waals surface area contributed by atoms with Crippen LogP contribution in [0, 0.1) is 5.92 Å². The molecule has 0 heterocycles. The fourth-order valence-corrected chi connectivity index (χ4v) is 2.27. The molecule has 4 heteroatoms. The fraction of sp³-hybridized carbons (Fsp3) is 0.462. The number of nitrogens with zero attached hydrogens (tertiary/aromatic N) is 1. The van der Waals surface area contributed by atoms with Gasteiger partial charge < -0.3 is 10.0 Å². The Morgan fingerprint density at radius 1 is 1.53 bits per heavy atom. The minimum atomic E-state index is -0.933. The zero-order chi connectivity index (χ0) is 12.6. The Morgan fingerprint density at radius 3 is 2.71 bits per heavy atom. The molecule has 0 aromatic heterocycles. The molecule has 1 fully saturated rings. The molecule has 1 aliphatic rings. The van der Waals surface area contributed by atoms with E-state index < -0.39 is 5.97 Å². The average Bonchev–Trinajstić information content (AvgIpc) is 3.10. The molecule has 0 saturated heterocycles. The molecule has 0 spiro atoms. The van der Waals surface area contributed by atoms with Crippen LogP contribution in [0.2, 0.25) is 5.02 Å². The lowest BCUT2D eigenvalue weighted by Gasteiger charge is -2.28. The van der Waals surface area contributed by atoms with Crippen LogP contribution in [-0.2, 0) is 0 Å². The normalized spacial score (nSPS) is 16.6. The first-order valence-corrected chi connectivity index (χ1v) is 6.14. The number of hydrogen-bond acceptors (Lipinski definition) is 2. The van der Waals surface area contributed by atoms with Crippen molar-refractivity contribution in [1.82, 2.24) is 0 Å². The van der Waals surface area contributed by atoms with Crippen molar-refractivity contribution in [2.45, 2.75) is 25.8 Å². The van der Waals surface area contributed by atoms with Crippen LogP contribution >= 0.6 is 11.6 Å². The summed E-state index contributed by atoms with van der Waals surface area (Å²) in [5.74, 6) is -0.241. The molecule has 0 bridgehead atoms. The smallest absolute Gasteiger partial charge is 0.337 e. The monoisotopic (exact) mass is 253 g/mol. The first kappa shape index (κ1) is 12.2. The number of hydrogen-bond donors (Lipinski definition) is 1. The number of carboxylic acid groups (broad SMARTS) is 1. The Bertz CT molecular complexity index is 443. The van der Waals surface area contributed by atoms with Gasteiger partial charge in [-0.15, -0.1) is 0 Å². The third-order valence-corrected chi connectivity index (χ3v) is 3.72. The maximum absolute atomic E-state index is 11.2. The zero-order valence-corrected chi connectivity index (χ0v) is 10.7. The minimum absolute atomic E-state index is 0.271. The molecule has 2 rings (SSSR count). The number of carbonyl (C=O) groups is 1. The molecule has 17 heavy (non-hydrogen) atoms. The second-order valence-electron chi connectivity index (χ2n) is 4.66. The summed E-state index contributed by atoms with van der Waals surface area (Å²) < 4.78 is 0. The molecule has 1 saturated carbocycles. The van der Waals surface area contributed by atoms with Crippen molar-refractivity contribution in [3.63, 3.8) is 0 Å². The Kier molecular flexibility index (Phi) is 3.29. The van der Waals surface area contributed by atoms with Gasteiger partial charge in [0.25, 0.3) is 0 Å². The molecule has 1 atom stereocenters. The van der Waals surface area contributed by atoms with Gasteiger partial charge in [-0.1, -0.05) is 11.6 Å². The third kappa shape index (κ3) is 2.55. The Hall–Kier alpha value is -1.22. The van der Waals surface area contributed by atoms with Gasteiger partial charge in [-0.25, -0.2) is 4.79 Å². The van der Waals surface area contributed by atoms with E-state index in [1.54, 1.807) is 12.1 Å². The van der Waals surface area contributed by atoms with Crippen LogP contribution in [0.15, 0.2) is 18.2 Å². The number of benzene rings is 1. The number of rotatable bonds is 4. The van der Waals surface area contributed by atoms with Gasteiger partial charge in [-0.05, 0) is 43.9 Å². The van der Waals surface area contributed by atoms with Crippen molar-refractivity contribution >= 4 is 23.3 Å². The van der Waals surface area contributed by atoms with Gasteiger partial charge in [-0.2, -0.15) is 0 Å². The van der Waals surface area contributed by atoms with Crippen LogP contribution in [0.1, 0.15) is 30.1 Å². The number of anilines is 1. The summed E-state index contributed by atoms with van der Waals surface area (Å²) in [5, 5.41) is 9.65. The highest BCUT2D eigenvalue weighted by Gasteiger charge is 2.31. The van der Waals surface area contributed by atoms with E-state index in [0.717, 1.165) is 5.69 Å². The van der Waals surface area contributed by atoms with E-state index in [1.807, 2.05) is 11.9 Å². The summed E-state index contributed by atoms with van der Waals surface area (Å²) in [6, 6.07) is 5.40. The number of aromatic carboxylic acids is 1. The van der Waals surface area contributed by atoms with Crippen molar-refractivity contribution < 1.29 is 9.90 Å². The summed E-state index contributed by atoms with van der Waals surface area (Å²) in [6.45, 7) is 2.14. The van der Waals surface area contributed by atoms with Crippen LogP contribution in [0.4, 0.5) is 5.69 Å². The molecule has 0 amide bonds. The number of halogens is 1. The van der Waals surface area contributed by atoms with E-state index in [2.05, 4.69) is 6.92 Å².